The molecule has 3 heteroatoms. The van der Waals surface area contributed by atoms with E-state index in [0.717, 1.165) is 16.9 Å². The minimum Gasteiger partial charge on any atom is -0.284 e. The van der Waals surface area contributed by atoms with Crippen molar-refractivity contribution in [3.63, 3.8) is 0 Å². The maximum atomic E-state index is 8.44. The summed E-state index contributed by atoms with van der Waals surface area (Å²) in [6.07, 6.45) is 4.38. The minimum absolute atomic E-state index is 0.299. The molecule has 2 aliphatic rings. The van der Waals surface area contributed by atoms with Crippen molar-refractivity contribution in [3.8, 4) is 0 Å². The summed E-state index contributed by atoms with van der Waals surface area (Å²) >= 11 is 0. The Morgan fingerprint density at radius 2 is 2.05 bits per heavy atom. The molecule has 1 aromatic heterocycles. The van der Waals surface area contributed by atoms with E-state index >= 15 is 0 Å². The van der Waals surface area contributed by atoms with Crippen LogP contribution in [0.4, 0.5) is 5.82 Å². The molecule has 1 atom stereocenters. The quantitative estimate of drug-likeness (QED) is 0.775. The van der Waals surface area contributed by atoms with E-state index in [1.54, 1.807) is 6.20 Å². The van der Waals surface area contributed by atoms with Crippen LogP contribution in [0, 0.1) is 0 Å². The fraction of sp³-hybridized carbons (Fsp3) is 0.188. The van der Waals surface area contributed by atoms with Crippen LogP contribution in [0.2, 0.25) is 0 Å². The molecule has 1 aromatic carbocycles. The Morgan fingerprint density at radius 3 is 2.95 bits per heavy atom. The van der Waals surface area contributed by atoms with Crippen LogP contribution < -0.4 is 5.01 Å². The van der Waals surface area contributed by atoms with Gasteiger partial charge in [0.1, 0.15) is 5.82 Å². The number of nitrogens with zero attached hydrogens (tertiary/aromatic N) is 3. The molecule has 0 spiro atoms. The van der Waals surface area contributed by atoms with Crippen molar-refractivity contribution < 1.29 is 2.74 Å². The fourth-order valence-corrected chi connectivity index (χ4v) is 2.68. The van der Waals surface area contributed by atoms with Gasteiger partial charge in [0.15, 0.2) is 0 Å². The van der Waals surface area contributed by atoms with Gasteiger partial charge in [-0.05, 0) is 35.7 Å². The lowest BCUT2D eigenvalue weighted by atomic mass is 9.96. The molecule has 4 rings (SSSR count). The number of benzene rings is 1. The SMILES string of the molecule is [2H]C1([2H])CN(c2ccccn2)N2C=Cc3ccccc3C21. The van der Waals surface area contributed by atoms with Crippen molar-refractivity contribution >= 4 is 11.9 Å². The number of anilines is 1. The van der Waals surface area contributed by atoms with Crippen LogP contribution in [-0.2, 0) is 0 Å². The molecule has 0 aliphatic carbocycles. The molecule has 1 unspecified atom stereocenters. The summed E-state index contributed by atoms with van der Waals surface area (Å²) in [4.78, 5) is 4.36. The molecule has 1 fully saturated rings. The van der Waals surface area contributed by atoms with Crippen molar-refractivity contribution in [3.05, 3.63) is 66.0 Å². The van der Waals surface area contributed by atoms with E-state index in [9.17, 15) is 0 Å². The van der Waals surface area contributed by atoms with Crippen LogP contribution in [0.25, 0.3) is 6.08 Å². The van der Waals surface area contributed by atoms with E-state index in [-0.39, 0.29) is 6.04 Å². The Morgan fingerprint density at radius 1 is 1.16 bits per heavy atom. The lowest BCUT2D eigenvalue weighted by Gasteiger charge is -2.34. The third-order valence-electron chi connectivity index (χ3n) is 3.59. The first kappa shape index (κ1) is 8.75. The number of aromatic nitrogens is 1. The number of fused-ring (bicyclic) bond motifs is 3. The third-order valence-corrected chi connectivity index (χ3v) is 3.59. The number of hydrogen-bond acceptors (Lipinski definition) is 3. The zero-order chi connectivity index (χ0) is 14.4. The van der Waals surface area contributed by atoms with Crippen LogP contribution in [0.1, 0.15) is 26.3 Å². The molecule has 0 bridgehead atoms. The molecule has 19 heavy (non-hydrogen) atoms. The van der Waals surface area contributed by atoms with Crippen molar-refractivity contribution in [2.24, 2.45) is 0 Å². The summed E-state index contributed by atoms with van der Waals surface area (Å²) < 4.78 is 16.9. The lowest BCUT2D eigenvalue weighted by Crippen LogP contribution is -2.35. The third kappa shape index (κ3) is 1.62. The Labute approximate surface area is 115 Å². The highest BCUT2D eigenvalue weighted by molar-refractivity contribution is 5.58. The van der Waals surface area contributed by atoms with E-state index in [1.165, 1.54) is 0 Å². The summed E-state index contributed by atoms with van der Waals surface area (Å²) in [5.74, 6) is 0.771. The normalized spacial score (nSPS) is 24.5. The molecule has 2 aromatic rings. The Hall–Kier alpha value is -2.29. The fourth-order valence-electron chi connectivity index (χ4n) is 2.68. The summed E-state index contributed by atoms with van der Waals surface area (Å²) in [6, 6.07) is 13.4. The molecule has 3 heterocycles. The van der Waals surface area contributed by atoms with Crippen molar-refractivity contribution in [1.82, 2.24) is 9.99 Å². The first-order valence-corrected chi connectivity index (χ1v) is 6.41. The maximum absolute atomic E-state index is 8.44. The predicted octanol–water partition coefficient (Wildman–Crippen LogP) is 3.23. The molecule has 0 amide bonds. The van der Waals surface area contributed by atoms with Gasteiger partial charge in [0, 0.05) is 21.7 Å². The van der Waals surface area contributed by atoms with Gasteiger partial charge < -0.3 is 0 Å². The van der Waals surface area contributed by atoms with E-state index in [2.05, 4.69) is 4.98 Å². The molecule has 0 radical (unpaired) electrons. The number of rotatable bonds is 1. The highest BCUT2D eigenvalue weighted by Crippen LogP contribution is 2.39. The number of pyridine rings is 1. The number of hydrogen-bond donors (Lipinski definition) is 0. The topological polar surface area (TPSA) is 19.4 Å². The van der Waals surface area contributed by atoms with Crippen LogP contribution >= 0.6 is 0 Å². The summed E-state index contributed by atoms with van der Waals surface area (Å²) in [7, 11) is 0. The lowest BCUT2D eigenvalue weighted by molar-refractivity contribution is 0.327. The predicted molar refractivity (Wildman–Crippen MR) is 76.3 cm³/mol. The molecular formula is C16H15N3. The van der Waals surface area contributed by atoms with Gasteiger partial charge in [-0.1, -0.05) is 30.3 Å². The number of hydrazine groups is 1. The van der Waals surface area contributed by atoms with Gasteiger partial charge in [0.25, 0.3) is 0 Å². The summed E-state index contributed by atoms with van der Waals surface area (Å²) in [6.45, 7) is 0.299. The molecule has 0 saturated carbocycles. The second kappa shape index (κ2) is 4.12. The Balaban J connectivity index is 1.82. The smallest absolute Gasteiger partial charge is 0.147 e. The Bertz CT molecular complexity index is 700. The maximum Gasteiger partial charge on any atom is 0.147 e. The average Bonchev–Trinajstić information content (AvgIpc) is 2.80. The van der Waals surface area contributed by atoms with Gasteiger partial charge in [-0.2, -0.15) is 0 Å². The van der Waals surface area contributed by atoms with Crippen molar-refractivity contribution in [2.75, 3.05) is 11.6 Å². The molecule has 1 saturated heterocycles. The zero-order valence-electron chi connectivity index (χ0n) is 12.4. The second-order valence-electron chi connectivity index (χ2n) is 4.68. The highest BCUT2D eigenvalue weighted by atomic mass is 15.7. The van der Waals surface area contributed by atoms with E-state index in [4.69, 9.17) is 2.74 Å². The van der Waals surface area contributed by atoms with Gasteiger partial charge >= 0.3 is 0 Å². The van der Waals surface area contributed by atoms with Crippen molar-refractivity contribution in [1.29, 1.82) is 0 Å². The first-order chi connectivity index (χ1) is 10.2. The molecule has 3 nitrogen and oxygen atoms in total. The van der Waals surface area contributed by atoms with Gasteiger partial charge in [-0.25, -0.2) is 4.98 Å². The average molecular weight is 251 g/mol. The monoisotopic (exact) mass is 251 g/mol. The van der Waals surface area contributed by atoms with Crippen LogP contribution in [-0.4, -0.2) is 16.5 Å². The minimum atomic E-state index is -1.33. The Kier molecular flexibility index (Phi) is 1.90. The largest absolute Gasteiger partial charge is 0.284 e. The molecule has 94 valence electrons. The van der Waals surface area contributed by atoms with Crippen LogP contribution in [0.3, 0.4) is 0 Å². The molecular weight excluding hydrogens is 234 g/mol. The first-order valence-electron chi connectivity index (χ1n) is 7.41. The summed E-state index contributed by atoms with van der Waals surface area (Å²) in [5, 5.41) is 3.88. The van der Waals surface area contributed by atoms with E-state index in [0.29, 0.717) is 6.54 Å². The molecule has 2 aliphatic heterocycles. The molecule has 0 N–H and O–H groups in total. The standard InChI is InChI=1S/C16H15N3/c1-2-6-14-13(5-1)8-11-18-15(14)9-12-19(18)16-7-3-4-10-17-16/h1-8,10-11,15H,9,12H2/i9D2. The second-order valence-corrected chi connectivity index (χ2v) is 4.68. The van der Waals surface area contributed by atoms with E-state index < -0.39 is 6.37 Å². The highest BCUT2D eigenvalue weighted by Gasteiger charge is 2.34. The van der Waals surface area contributed by atoms with Crippen molar-refractivity contribution in [2.45, 2.75) is 12.4 Å². The van der Waals surface area contributed by atoms with Gasteiger partial charge in [-0.15, -0.1) is 0 Å². The van der Waals surface area contributed by atoms with Crippen LogP contribution in [0.5, 0.6) is 0 Å². The van der Waals surface area contributed by atoms with Gasteiger partial charge in [0.2, 0.25) is 0 Å². The van der Waals surface area contributed by atoms with Gasteiger partial charge in [0.05, 0.1) is 6.04 Å². The van der Waals surface area contributed by atoms with Crippen LogP contribution in [0.15, 0.2) is 54.9 Å². The van der Waals surface area contributed by atoms with Gasteiger partial charge in [-0.3, -0.25) is 10.0 Å². The zero-order valence-corrected chi connectivity index (χ0v) is 10.4. The summed E-state index contributed by atoms with van der Waals surface area (Å²) in [5.41, 5.74) is 2.12. The van der Waals surface area contributed by atoms with E-state index in [1.807, 2.05) is 64.8 Å².